The first-order chi connectivity index (χ1) is 1.00. The molecule has 0 bridgehead atoms. The minimum absolute atomic E-state index is 0. The van der Waals surface area contributed by atoms with Crippen molar-refractivity contribution in [2.24, 2.45) is 0 Å². The first-order valence-corrected chi connectivity index (χ1v) is 0.508. The monoisotopic (exact) mass is 277 g/mol. The molecule has 0 aliphatic carbocycles. The third-order valence-corrected chi connectivity index (χ3v) is 0. The van der Waals surface area contributed by atoms with Crippen molar-refractivity contribution in [2.45, 2.75) is 0 Å². The molecule has 4 heavy (non-hydrogen) atoms. The van der Waals surface area contributed by atoms with Gasteiger partial charge in [-0.3, -0.25) is 0 Å². The van der Waals surface area contributed by atoms with Crippen LogP contribution in [-0.4, -0.2) is 0 Å². The van der Waals surface area contributed by atoms with Crippen LogP contribution in [0.2, 0.25) is 0 Å². The van der Waals surface area contributed by atoms with Crippen LogP contribution in [0.5, 0.6) is 0 Å². The second-order valence-electron chi connectivity index (χ2n) is 0. The summed E-state index contributed by atoms with van der Waals surface area (Å²) in [6, 6.07) is 0. The molecule has 0 saturated heterocycles. The van der Waals surface area contributed by atoms with Gasteiger partial charge in [-0.15, -0.1) is 0 Å². The molecule has 0 atom stereocenters. The Morgan fingerprint density at radius 3 is 1.25 bits per heavy atom. The summed E-state index contributed by atoms with van der Waals surface area (Å²) in [4.78, 5) is 0. The zero-order valence-corrected chi connectivity index (χ0v) is 7.23. The van der Waals surface area contributed by atoms with E-state index >= 15 is 0 Å². The predicted molar refractivity (Wildman–Crippen MR) is 0.686 cm³/mol. The van der Waals surface area contributed by atoms with Crippen LogP contribution in [0.4, 0.5) is 0 Å². The molecular weight excluding hydrogens is 277 g/mol. The van der Waals surface area contributed by atoms with Gasteiger partial charge in [0.1, 0.15) is 0 Å². The van der Waals surface area contributed by atoms with E-state index in [9.17, 15) is 0 Å². The van der Waals surface area contributed by atoms with Crippen molar-refractivity contribution in [1.82, 2.24) is 0 Å². The van der Waals surface area contributed by atoms with E-state index in [0.717, 1.165) is 0 Å². The Kier molecular flexibility index (Phi) is 82.7. The van der Waals surface area contributed by atoms with Gasteiger partial charge in [-0.25, -0.2) is 0 Å². The molecule has 0 heterocycles. The van der Waals surface area contributed by atoms with Crippen molar-refractivity contribution in [2.75, 3.05) is 0 Å². The number of hydrogen-bond donors (Lipinski definition) is 0. The zero-order valence-electron chi connectivity index (χ0n) is 1.62. The van der Waals surface area contributed by atoms with Crippen molar-refractivity contribution >= 4 is 0 Å². The number of hydrogen-bond acceptors (Lipinski definition) is 1. The summed E-state index contributed by atoms with van der Waals surface area (Å²) in [5.41, 5.74) is 0. The average Bonchev–Trinajstić information content (AvgIpc) is 1.00. The molecule has 0 amide bonds. The van der Waals surface area contributed by atoms with Crippen molar-refractivity contribution in [3.8, 4) is 0 Å². The van der Waals surface area contributed by atoms with E-state index in [0.29, 0.717) is 0 Å². The SMILES string of the molecule is [Co].[La].[O]=[Cu]. The molecule has 0 fully saturated rings. The second-order valence-corrected chi connectivity index (χ2v) is 0. The van der Waals surface area contributed by atoms with Crippen molar-refractivity contribution in [3.05, 3.63) is 0 Å². The first kappa shape index (κ1) is 16.6. The predicted octanol–water partition coefficient (Wildman–Crippen LogP) is -0.124. The zero-order chi connectivity index (χ0) is 2.00. The molecule has 2 radical (unpaired) electrons. The van der Waals surface area contributed by atoms with Crippen LogP contribution in [0.15, 0.2) is 0 Å². The minimum atomic E-state index is 0. The van der Waals surface area contributed by atoms with E-state index in [2.05, 4.69) is 15.9 Å². The topological polar surface area (TPSA) is 17.1 Å². The third-order valence-electron chi connectivity index (χ3n) is 0. The normalized spacial score (nSPS) is 1.50. The van der Waals surface area contributed by atoms with Crippen LogP contribution in [0.3, 0.4) is 0 Å². The van der Waals surface area contributed by atoms with E-state index in [1.807, 2.05) is 0 Å². The summed E-state index contributed by atoms with van der Waals surface area (Å²) in [6.07, 6.45) is 0. The Morgan fingerprint density at radius 1 is 1.25 bits per heavy atom. The molecule has 0 aromatic carbocycles. The van der Waals surface area contributed by atoms with Gasteiger partial charge in [-0.2, -0.15) is 0 Å². The molecule has 0 unspecified atom stereocenters. The molecule has 0 aromatic heterocycles. The average molecular weight is 277 g/mol. The summed E-state index contributed by atoms with van der Waals surface area (Å²) in [6.45, 7) is 0. The second kappa shape index (κ2) is 19.9. The Hall–Kier alpha value is 2.02. The van der Waals surface area contributed by atoms with Gasteiger partial charge < -0.3 is 0 Å². The fraction of sp³-hybridized carbons (Fsp3) is 0. The third kappa shape index (κ3) is 8.98. The molecule has 0 N–H and O–H groups in total. The quantitative estimate of drug-likeness (QED) is 0.564. The molecule has 0 spiro atoms. The van der Waals surface area contributed by atoms with Crippen molar-refractivity contribution in [3.63, 3.8) is 0 Å². The van der Waals surface area contributed by atoms with E-state index in [-0.39, 0.29) is 52.4 Å². The van der Waals surface area contributed by atoms with E-state index in [1.54, 1.807) is 0 Å². The van der Waals surface area contributed by atoms with Gasteiger partial charge >= 0.3 is 19.8 Å². The Bertz CT molecular complexity index is 8.00. The van der Waals surface area contributed by atoms with Crippen LogP contribution in [0, 0.1) is 35.6 Å². The Morgan fingerprint density at radius 2 is 1.25 bits per heavy atom. The summed E-state index contributed by atoms with van der Waals surface area (Å²) < 4.78 is 7.81. The summed E-state index contributed by atoms with van der Waals surface area (Å²) in [5, 5.41) is 0. The van der Waals surface area contributed by atoms with Crippen LogP contribution in [0.25, 0.3) is 0 Å². The molecule has 0 aromatic rings. The molecule has 29 valence electrons. The molecule has 0 saturated carbocycles. The fourth-order valence-electron chi connectivity index (χ4n) is 0. The van der Waals surface area contributed by atoms with E-state index < -0.39 is 0 Å². The molecule has 0 rings (SSSR count). The molecule has 1 nitrogen and oxygen atoms in total. The number of rotatable bonds is 0. The molecule has 0 aliphatic rings. The van der Waals surface area contributed by atoms with Gasteiger partial charge in [0.25, 0.3) is 0 Å². The molecule has 4 heteroatoms. The van der Waals surface area contributed by atoms with Crippen LogP contribution < -0.4 is 0 Å². The summed E-state index contributed by atoms with van der Waals surface area (Å²) in [7, 11) is 0. The molecule has 0 aliphatic heterocycles. The summed E-state index contributed by atoms with van der Waals surface area (Å²) in [5.74, 6) is 0. The van der Waals surface area contributed by atoms with Crippen LogP contribution >= 0.6 is 0 Å². The van der Waals surface area contributed by atoms with Gasteiger partial charge in [0.15, 0.2) is 0 Å². The van der Waals surface area contributed by atoms with Crippen LogP contribution in [-0.2, 0) is 36.6 Å². The maximum absolute atomic E-state index is 7.81. The van der Waals surface area contributed by atoms with E-state index in [4.69, 9.17) is 3.83 Å². The Balaban J connectivity index is -0.00000000500. The van der Waals surface area contributed by atoms with E-state index in [1.165, 1.54) is 0 Å². The van der Waals surface area contributed by atoms with Crippen molar-refractivity contribution < 1.29 is 72.2 Å². The van der Waals surface area contributed by atoms with Gasteiger partial charge in [0, 0.05) is 52.4 Å². The van der Waals surface area contributed by atoms with Gasteiger partial charge in [-0.05, 0) is 0 Å². The van der Waals surface area contributed by atoms with Gasteiger partial charge in [0.2, 0.25) is 0 Å². The van der Waals surface area contributed by atoms with Crippen molar-refractivity contribution in [1.29, 1.82) is 0 Å². The fourth-order valence-corrected chi connectivity index (χ4v) is 0. The van der Waals surface area contributed by atoms with Gasteiger partial charge in [-0.1, -0.05) is 0 Å². The standard InChI is InChI=1S/Co.Cu.La.O. The first-order valence-electron chi connectivity index (χ1n) is 0.123. The van der Waals surface area contributed by atoms with Gasteiger partial charge in [0.05, 0.1) is 0 Å². The van der Waals surface area contributed by atoms with Crippen LogP contribution in [0.1, 0.15) is 0 Å². The summed E-state index contributed by atoms with van der Waals surface area (Å²) >= 11 is 2.94. The molecular formula is CoCuLaO. The Labute approximate surface area is 71.1 Å². The maximum atomic E-state index is 7.81.